The number of aromatic amines is 1. The fourth-order valence-corrected chi connectivity index (χ4v) is 2.08. The molecule has 0 aliphatic heterocycles. The van der Waals surface area contributed by atoms with E-state index in [0.29, 0.717) is 11.4 Å². The van der Waals surface area contributed by atoms with E-state index in [1.165, 1.54) is 0 Å². The number of anilines is 1. The summed E-state index contributed by atoms with van der Waals surface area (Å²) in [5.41, 5.74) is -0.666. The first-order valence-corrected chi connectivity index (χ1v) is 6.96. The lowest BCUT2D eigenvalue weighted by atomic mass is 10.2. The van der Waals surface area contributed by atoms with Gasteiger partial charge in [-0.05, 0) is 12.1 Å². The molecule has 24 heavy (non-hydrogen) atoms. The van der Waals surface area contributed by atoms with Crippen LogP contribution in [0.25, 0.3) is 11.4 Å². The number of benzene rings is 2. The number of carbonyl (C=O) groups excluding carboxylic acids is 1. The summed E-state index contributed by atoms with van der Waals surface area (Å²) < 4.78 is 26.7. The van der Waals surface area contributed by atoms with Gasteiger partial charge in [-0.25, -0.2) is 13.8 Å². The first kappa shape index (κ1) is 15.5. The lowest BCUT2D eigenvalue weighted by Gasteiger charge is -2.07. The summed E-state index contributed by atoms with van der Waals surface area (Å²) in [4.78, 5) is 30.7. The molecule has 0 bridgehead atoms. The van der Waals surface area contributed by atoms with Crippen molar-refractivity contribution in [1.82, 2.24) is 9.97 Å². The summed E-state index contributed by atoms with van der Waals surface area (Å²) in [6.07, 6.45) is 1.09. The largest absolute Gasteiger partial charge is 0.319 e. The minimum Gasteiger partial charge on any atom is -0.319 e. The maximum absolute atomic E-state index is 13.5. The molecule has 0 aliphatic rings. The Kier molecular flexibility index (Phi) is 4.15. The average Bonchev–Trinajstić information content (AvgIpc) is 2.58. The van der Waals surface area contributed by atoms with E-state index in [9.17, 15) is 18.4 Å². The van der Waals surface area contributed by atoms with Gasteiger partial charge in [0.05, 0.1) is 5.69 Å². The summed E-state index contributed by atoms with van der Waals surface area (Å²) in [5, 5.41) is 2.15. The predicted molar refractivity (Wildman–Crippen MR) is 84.6 cm³/mol. The number of carbonyl (C=O) groups is 1. The van der Waals surface area contributed by atoms with Gasteiger partial charge in [-0.3, -0.25) is 9.59 Å². The Labute approximate surface area is 135 Å². The Morgan fingerprint density at radius 2 is 1.83 bits per heavy atom. The molecule has 0 radical (unpaired) electrons. The van der Waals surface area contributed by atoms with Crippen LogP contribution in [0.5, 0.6) is 0 Å². The zero-order chi connectivity index (χ0) is 17.1. The highest BCUT2D eigenvalue weighted by atomic mass is 19.1. The summed E-state index contributed by atoms with van der Waals surface area (Å²) in [7, 11) is 0. The van der Waals surface area contributed by atoms with E-state index in [2.05, 4.69) is 15.3 Å². The lowest BCUT2D eigenvalue weighted by Crippen LogP contribution is -2.24. The molecule has 1 heterocycles. The highest BCUT2D eigenvalue weighted by Gasteiger charge is 2.15. The first-order chi connectivity index (χ1) is 11.5. The Balaban J connectivity index is 1.88. The molecule has 3 aromatic rings. The molecule has 0 aliphatic carbocycles. The predicted octanol–water partition coefficient (Wildman–Crippen LogP) is 2.97. The van der Waals surface area contributed by atoms with Crippen molar-refractivity contribution in [1.29, 1.82) is 0 Å². The molecule has 0 saturated carbocycles. The molecule has 7 heteroatoms. The molecule has 0 atom stereocenters. The van der Waals surface area contributed by atoms with Crippen LogP contribution in [0.2, 0.25) is 0 Å². The van der Waals surface area contributed by atoms with Gasteiger partial charge in [0.1, 0.15) is 23.0 Å². The van der Waals surface area contributed by atoms with Crippen molar-refractivity contribution in [3.8, 4) is 11.4 Å². The Morgan fingerprint density at radius 1 is 1.08 bits per heavy atom. The number of halogens is 2. The molecule has 2 aromatic carbocycles. The van der Waals surface area contributed by atoms with Gasteiger partial charge >= 0.3 is 0 Å². The van der Waals surface area contributed by atoms with Crippen molar-refractivity contribution < 1.29 is 13.6 Å². The third kappa shape index (κ3) is 3.19. The number of amides is 1. The van der Waals surface area contributed by atoms with Crippen molar-refractivity contribution in [2.75, 3.05) is 5.32 Å². The maximum Gasteiger partial charge on any atom is 0.264 e. The van der Waals surface area contributed by atoms with E-state index in [1.54, 1.807) is 24.3 Å². The van der Waals surface area contributed by atoms with Crippen LogP contribution < -0.4 is 10.9 Å². The molecule has 0 fully saturated rings. The Bertz CT molecular complexity index is 956. The van der Waals surface area contributed by atoms with E-state index in [0.717, 1.165) is 24.4 Å². The SMILES string of the molecule is O=C(Nc1cc(F)ccc1F)c1cnc(-c2ccccc2)[nH]c1=O. The van der Waals surface area contributed by atoms with Crippen LogP contribution in [0.4, 0.5) is 14.5 Å². The van der Waals surface area contributed by atoms with E-state index >= 15 is 0 Å². The second-order valence-corrected chi connectivity index (χ2v) is 4.92. The topological polar surface area (TPSA) is 74.8 Å². The number of hydrogen-bond acceptors (Lipinski definition) is 3. The monoisotopic (exact) mass is 327 g/mol. The molecule has 0 spiro atoms. The van der Waals surface area contributed by atoms with Crippen LogP contribution in [-0.4, -0.2) is 15.9 Å². The van der Waals surface area contributed by atoms with Gasteiger partial charge in [0.2, 0.25) is 0 Å². The zero-order valence-electron chi connectivity index (χ0n) is 12.2. The summed E-state index contributed by atoms with van der Waals surface area (Å²) in [6, 6.07) is 11.5. The minimum atomic E-state index is -0.882. The normalized spacial score (nSPS) is 10.4. The van der Waals surface area contributed by atoms with Crippen molar-refractivity contribution in [2.24, 2.45) is 0 Å². The summed E-state index contributed by atoms with van der Waals surface area (Å²) >= 11 is 0. The Morgan fingerprint density at radius 3 is 2.54 bits per heavy atom. The molecule has 0 unspecified atom stereocenters. The first-order valence-electron chi connectivity index (χ1n) is 6.96. The van der Waals surface area contributed by atoms with Crippen molar-refractivity contribution in [3.63, 3.8) is 0 Å². The van der Waals surface area contributed by atoms with E-state index in [1.807, 2.05) is 6.07 Å². The molecular weight excluding hydrogens is 316 g/mol. The van der Waals surface area contributed by atoms with Gasteiger partial charge in [-0.15, -0.1) is 0 Å². The molecule has 1 amide bonds. The number of nitrogens with one attached hydrogen (secondary N) is 2. The van der Waals surface area contributed by atoms with Crippen LogP contribution in [0.15, 0.2) is 59.5 Å². The number of nitrogens with zero attached hydrogens (tertiary/aromatic N) is 1. The number of hydrogen-bond donors (Lipinski definition) is 2. The van der Waals surface area contributed by atoms with Crippen LogP contribution in [0.1, 0.15) is 10.4 Å². The fourth-order valence-electron chi connectivity index (χ4n) is 2.08. The second kappa shape index (κ2) is 6.41. The van der Waals surface area contributed by atoms with Crippen molar-refractivity contribution >= 4 is 11.6 Å². The molecule has 2 N–H and O–H groups in total. The van der Waals surface area contributed by atoms with Gasteiger partial charge in [-0.1, -0.05) is 30.3 Å². The highest BCUT2D eigenvalue weighted by molar-refractivity contribution is 6.03. The van der Waals surface area contributed by atoms with E-state index in [-0.39, 0.29) is 11.3 Å². The van der Waals surface area contributed by atoms with Crippen LogP contribution >= 0.6 is 0 Å². The number of rotatable bonds is 3. The molecular formula is C17H11F2N3O2. The fraction of sp³-hybridized carbons (Fsp3) is 0. The minimum absolute atomic E-state index is 0.300. The van der Waals surface area contributed by atoms with Gasteiger partial charge in [0, 0.05) is 17.8 Å². The third-order valence-electron chi connectivity index (χ3n) is 3.27. The Hall–Kier alpha value is -3.35. The van der Waals surface area contributed by atoms with Crippen molar-refractivity contribution in [3.05, 3.63) is 82.3 Å². The standard InChI is InChI=1S/C17H11F2N3O2/c18-11-6-7-13(19)14(8-11)21-16(23)12-9-20-15(22-17(12)24)10-4-2-1-3-5-10/h1-9H,(H,21,23)(H,20,22,24). The second-order valence-electron chi connectivity index (χ2n) is 4.92. The van der Waals surface area contributed by atoms with E-state index < -0.39 is 23.1 Å². The van der Waals surface area contributed by atoms with Crippen LogP contribution in [0.3, 0.4) is 0 Å². The molecule has 5 nitrogen and oxygen atoms in total. The van der Waals surface area contributed by atoms with Gasteiger partial charge in [0.25, 0.3) is 11.5 Å². The quantitative estimate of drug-likeness (QED) is 0.776. The highest BCUT2D eigenvalue weighted by Crippen LogP contribution is 2.16. The van der Waals surface area contributed by atoms with Gasteiger partial charge < -0.3 is 10.3 Å². The van der Waals surface area contributed by atoms with Crippen LogP contribution in [0, 0.1) is 11.6 Å². The molecule has 120 valence electrons. The molecule has 3 rings (SSSR count). The van der Waals surface area contributed by atoms with Gasteiger partial charge in [0.15, 0.2) is 0 Å². The van der Waals surface area contributed by atoms with E-state index in [4.69, 9.17) is 0 Å². The van der Waals surface area contributed by atoms with Crippen LogP contribution in [-0.2, 0) is 0 Å². The third-order valence-corrected chi connectivity index (χ3v) is 3.27. The zero-order valence-corrected chi connectivity index (χ0v) is 12.2. The smallest absolute Gasteiger partial charge is 0.264 e. The molecule has 1 aromatic heterocycles. The number of H-pyrrole nitrogens is 1. The number of aromatic nitrogens is 2. The lowest BCUT2D eigenvalue weighted by molar-refractivity contribution is 0.102. The average molecular weight is 327 g/mol. The van der Waals surface area contributed by atoms with Gasteiger partial charge in [-0.2, -0.15) is 0 Å². The van der Waals surface area contributed by atoms with Crippen molar-refractivity contribution in [2.45, 2.75) is 0 Å². The summed E-state index contributed by atoms with van der Waals surface area (Å²) in [6.45, 7) is 0. The maximum atomic E-state index is 13.5. The summed E-state index contributed by atoms with van der Waals surface area (Å²) in [5.74, 6) is -2.10. The molecule has 0 saturated heterocycles.